The van der Waals surface area contributed by atoms with Gasteiger partial charge in [-0.25, -0.2) is 4.98 Å². The van der Waals surface area contributed by atoms with E-state index in [0.717, 1.165) is 24.5 Å². The summed E-state index contributed by atoms with van der Waals surface area (Å²) in [6, 6.07) is 14.9. The molecule has 0 atom stereocenters. The maximum Gasteiger partial charge on any atom is 0.292 e. The Bertz CT molecular complexity index is 903. The number of ether oxygens (including phenoxy) is 2. The summed E-state index contributed by atoms with van der Waals surface area (Å²) in [5.41, 5.74) is 1.68. The Hall–Kier alpha value is -3.32. The van der Waals surface area contributed by atoms with E-state index >= 15 is 0 Å². The van der Waals surface area contributed by atoms with Gasteiger partial charge in [0, 0.05) is 18.7 Å². The van der Waals surface area contributed by atoms with Gasteiger partial charge in [-0.15, -0.1) is 0 Å². The third kappa shape index (κ3) is 4.32. The summed E-state index contributed by atoms with van der Waals surface area (Å²) in [5, 5.41) is 2.77. The number of carbonyl (C=O) groups excluding carboxylic acids is 1. The minimum absolute atomic E-state index is 0.218. The van der Waals surface area contributed by atoms with Crippen LogP contribution in [0.1, 0.15) is 16.1 Å². The maximum absolute atomic E-state index is 12.6. The van der Waals surface area contributed by atoms with Crippen LogP contribution in [-0.2, 0) is 11.3 Å². The maximum atomic E-state index is 12.6. The molecule has 1 aromatic carbocycles. The SMILES string of the molecule is O=C(Nc1ccc(N2CCOCC2)cn1)c1occc1COc1ccccc1. The molecule has 144 valence electrons. The zero-order chi connectivity index (χ0) is 19.2. The molecule has 7 heteroatoms. The van der Waals surface area contributed by atoms with E-state index in [1.54, 1.807) is 18.3 Å². The molecule has 4 rings (SSSR count). The molecule has 1 amide bonds. The minimum Gasteiger partial charge on any atom is -0.489 e. The Morgan fingerprint density at radius 3 is 2.68 bits per heavy atom. The van der Waals surface area contributed by atoms with Gasteiger partial charge in [0.05, 0.1) is 31.4 Å². The van der Waals surface area contributed by atoms with Crippen LogP contribution in [0.15, 0.2) is 65.4 Å². The second kappa shape index (κ2) is 8.58. The second-order valence-electron chi connectivity index (χ2n) is 6.33. The van der Waals surface area contributed by atoms with Gasteiger partial charge in [-0.3, -0.25) is 4.79 Å². The van der Waals surface area contributed by atoms with Crippen LogP contribution in [0, 0.1) is 0 Å². The van der Waals surface area contributed by atoms with E-state index in [4.69, 9.17) is 13.9 Å². The number of pyridine rings is 1. The molecule has 7 nitrogen and oxygen atoms in total. The Morgan fingerprint density at radius 1 is 1.11 bits per heavy atom. The van der Waals surface area contributed by atoms with E-state index in [1.807, 2.05) is 36.4 Å². The van der Waals surface area contributed by atoms with Gasteiger partial charge >= 0.3 is 0 Å². The third-order valence-corrected chi connectivity index (χ3v) is 4.46. The molecule has 2 aromatic heterocycles. The van der Waals surface area contributed by atoms with Crippen LogP contribution < -0.4 is 15.0 Å². The predicted octanol–water partition coefficient (Wildman–Crippen LogP) is 3.34. The number of anilines is 2. The van der Waals surface area contributed by atoms with E-state index in [2.05, 4.69) is 15.2 Å². The van der Waals surface area contributed by atoms with Crippen molar-refractivity contribution in [3.8, 4) is 5.75 Å². The van der Waals surface area contributed by atoms with E-state index in [1.165, 1.54) is 6.26 Å². The molecule has 3 heterocycles. The van der Waals surface area contributed by atoms with Gasteiger partial charge < -0.3 is 24.1 Å². The molecule has 1 saturated heterocycles. The molecule has 0 bridgehead atoms. The number of rotatable bonds is 6. The number of nitrogens with one attached hydrogen (secondary N) is 1. The first kappa shape index (κ1) is 18.1. The average Bonchev–Trinajstić information content (AvgIpc) is 3.23. The van der Waals surface area contributed by atoms with Crippen molar-refractivity contribution in [2.24, 2.45) is 0 Å². The number of aromatic nitrogens is 1. The molecule has 1 aliphatic heterocycles. The molecule has 0 radical (unpaired) electrons. The summed E-state index contributed by atoms with van der Waals surface area (Å²) in [7, 11) is 0. The Kier molecular flexibility index (Phi) is 5.53. The predicted molar refractivity (Wildman–Crippen MR) is 105 cm³/mol. The standard InChI is InChI=1S/C21H21N3O4/c25-21(20-16(8-11-27-20)15-28-18-4-2-1-3-5-18)23-19-7-6-17(14-22-19)24-9-12-26-13-10-24/h1-8,11,14H,9-10,12-13,15H2,(H,22,23,25). The van der Waals surface area contributed by atoms with E-state index in [0.29, 0.717) is 24.6 Å². The number of para-hydroxylation sites is 1. The van der Waals surface area contributed by atoms with Crippen molar-refractivity contribution in [3.05, 3.63) is 72.3 Å². The van der Waals surface area contributed by atoms with Crippen molar-refractivity contribution in [3.63, 3.8) is 0 Å². The summed E-state index contributed by atoms with van der Waals surface area (Å²) in [6.45, 7) is 3.34. The molecule has 1 aliphatic rings. The Balaban J connectivity index is 1.38. The molecule has 1 fully saturated rings. The van der Waals surface area contributed by atoms with Crippen molar-refractivity contribution < 1.29 is 18.7 Å². The number of benzene rings is 1. The quantitative estimate of drug-likeness (QED) is 0.708. The molecule has 3 aromatic rings. The lowest BCUT2D eigenvalue weighted by molar-refractivity contribution is 0.0993. The molecule has 0 aliphatic carbocycles. The van der Waals surface area contributed by atoms with Crippen molar-refractivity contribution in [1.82, 2.24) is 4.98 Å². The lowest BCUT2D eigenvalue weighted by Crippen LogP contribution is -2.36. The van der Waals surface area contributed by atoms with Gasteiger partial charge in [-0.2, -0.15) is 0 Å². The van der Waals surface area contributed by atoms with E-state index < -0.39 is 0 Å². The molecule has 0 saturated carbocycles. The molecular weight excluding hydrogens is 358 g/mol. The van der Waals surface area contributed by atoms with Gasteiger partial charge in [0.1, 0.15) is 18.2 Å². The lowest BCUT2D eigenvalue weighted by atomic mass is 10.2. The van der Waals surface area contributed by atoms with Crippen LogP contribution in [0.3, 0.4) is 0 Å². The van der Waals surface area contributed by atoms with Crippen molar-refractivity contribution in [2.45, 2.75) is 6.61 Å². The Labute approximate surface area is 162 Å². The number of furan rings is 1. The van der Waals surface area contributed by atoms with Gasteiger partial charge in [-0.1, -0.05) is 18.2 Å². The van der Waals surface area contributed by atoms with E-state index in [-0.39, 0.29) is 18.3 Å². The molecule has 0 unspecified atom stereocenters. The summed E-state index contributed by atoms with van der Waals surface area (Å²) in [4.78, 5) is 19.1. The summed E-state index contributed by atoms with van der Waals surface area (Å²) < 4.78 is 16.4. The highest BCUT2D eigenvalue weighted by Crippen LogP contribution is 2.19. The zero-order valence-corrected chi connectivity index (χ0v) is 15.3. The van der Waals surface area contributed by atoms with Crippen LogP contribution in [-0.4, -0.2) is 37.2 Å². The number of nitrogens with zero attached hydrogens (tertiary/aromatic N) is 2. The number of hydrogen-bond donors (Lipinski definition) is 1. The number of amides is 1. The normalized spacial score (nSPS) is 13.9. The smallest absolute Gasteiger partial charge is 0.292 e. The van der Waals surface area contributed by atoms with Crippen molar-refractivity contribution in [1.29, 1.82) is 0 Å². The largest absolute Gasteiger partial charge is 0.489 e. The molecular formula is C21H21N3O4. The Morgan fingerprint density at radius 2 is 1.93 bits per heavy atom. The summed E-state index contributed by atoms with van der Waals surface area (Å²) in [6.07, 6.45) is 3.23. The lowest BCUT2D eigenvalue weighted by Gasteiger charge is -2.28. The second-order valence-corrected chi connectivity index (χ2v) is 6.33. The molecule has 28 heavy (non-hydrogen) atoms. The van der Waals surface area contributed by atoms with Crippen molar-refractivity contribution >= 4 is 17.4 Å². The highest BCUT2D eigenvalue weighted by molar-refractivity contribution is 6.02. The fourth-order valence-electron chi connectivity index (χ4n) is 2.97. The fourth-order valence-corrected chi connectivity index (χ4v) is 2.97. The van der Waals surface area contributed by atoms with Crippen molar-refractivity contribution in [2.75, 3.05) is 36.5 Å². The summed E-state index contributed by atoms with van der Waals surface area (Å²) >= 11 is 0. The number of morpholine rings is 1. The van der Waals surface area contributed by atoms with Gasteiger partial charge in [0.15, 0.2) is 5.76 Å². The highest BCUT2D eigenvalue weighted by Gasteiger charge is 2.17. The third-order valence-electron chi connectivity index (χ3n) is 4.46. The van der Waals surface area contributed by atoms with Gasteiger partial charge in [0.25, 0.3) is 5.91 Å². The number of hydrogen-bond acceptors (Lipinski definition) is 6. The van der Waals surface area contributed by atoms with E-state index in [9.17, 15) is 4.79 Å². The first-order valence-electron chi connectivity index (χ1n) is 9.14. The van der Waals surface area contributed by atoms with Crippen LogP contribution in [0.25, 0.3) is 0 Å². The van der Waals surface area contributed by atoms with Crippen LogP contribution in [0.2, 0.25) is 0 Å². The minimum atomic E-state index is -0.358. The average molecular weight is 379 g/mol. The van der Waals surface area contributed by atoms with Crippen LogP contribution in [0.5, 0.6) is 5.75 Å². The van der Waals surface area contributed by atoms with Gasteiger partial charge in [-0.05, 0) is 30.3 Å². The molecule has 1 N–H and O–H groups in total. The van der Waals surface area contributed by atoms with Crippen LogP contribution >= 0.6 is 0 Å². The monoisotopic (exact) mass is 379 g/mol. The summed E-state index contributed by atoms with van der Waals surface area (Å²) in [5.74, 6) is 1.06. The zero-order valence-electron chi connectivity index (χ0n) is 15.3. The highest BCUT2D eigenvalue weighted by atomic mass is 16.5. The van der Waals surface area contributed by atoms with Crippen LogP contribution in [0.4, 0.5) is 11.5 Å². The topological polar surface area (TPSA) is 76.8 Å². The first-order chi connectivity index (χ1) is 13.8. The first-order valence-corrected chi connectivity index (χ1v) is 9.14. The number of carbonyl (C=O) groups is 1. The van der Waals surface area contributed by atoms with Gasteiger partial charge in [0.2, 0.25) is 0 Å². The molecule has 0 spiro atoms. The fraction of sp³-hybridized carbons (Fsp3) is 0.238.